The van der Waals surface area contributed by atoms with Crippen LogP contribution in [0.3, 0.4) is 0 Å². The van der Waals surface area contributed by atoms with Crippen molar-refractivity contribution < 1.29 is 9.53 Å². The maximum absolute atomic E-state index is 12.5. The molecule has 2 N–H and O–H groups in total. The Labute approximate surface area is 179 Å². The number of aromatic nitrogens is 4. The highest BCUT2D eigenvalue weighted by Gasteiger charge is 2.23. The number of hydrogen-bond donors (Lipinski definition) is 2. The molecule has 0 radical (unpaired) electrons. The second-order valence-corrected chi connectivity index (χ2v) is 7.87. The van der Waals surface area contributed by atoms with Crippen LogP contribution >= 0.6 is 0 Å². The molecule has 1 fully saturated rings. The summed E-state index contributed by atoms with van der Waals surface area (Å²) in [4.78, 5) is 21.6. The number of rotatable bonds is 4. The van der Waals surface area contributed by atoms with Crippen LogP contribution in [0.1, 0.15) is 18.5 Å². The van der Waals surface area contributed by atoms with Crippen molar-refractivity contribution in [3.63, 3.8) is 0 Å². The van der Waals surface area contributed by atoms with E-state index in [0.717, 1.165) is 58.5 Å². The molecule has 3 aromatic heterocycles. The molecule has 0 aliphatic carbocycles. The first kappa shape index (κ1) is 19.4. The minimum Gasteiger partial charge on any atom is -0.425 e. The highest BCUT2D eigenvalue weighted by Crippen LogP contribution is 2.32. The van der Waals surface area contributed by atoms with Gasteiger partial charge < -0.3 is 10.1 Å². The number of H-pyrrole nitrogens is 1. The molecule has 7 nitrogen and oxygen atoms in total. The Bertz CT molecular complexity index is 1240. The van der Waals surface area contributed by atoms with E-state index in [1.807, 2.05) is 49.4 Å². The predicted molar refractivity (Wildman–Crippen MR) is 119 cm³/mol. The van der Waals surface area contributed by atoms with E-state index in [0.29, 0.717) is 12.3 Å². The van der Waals surface area contributed by atoms with Crippen molar-refractivity contribution in [2.24, 2.45) is 5.92 Å². The molecule has 4 heterocycles. The molecular weight excluding hydrogens is 390 g/mol. The van der Waals surface area contributed by atoms with E-state index in [9.17, 15) is 4.79 Å². The SMILES string of the molecule is Cc1cccc(-c2[nH]ncc2-c2ccc3ncc(OC(=O)C4CCCNC4)cc3c2)n1. The van der Waals surface area contributed by atoms with E-state index in [-0.39, 0.29) is 11.9 Å². The third-order valence-corrected chi connectivity index (χ3v) is 5.60. The number of benzene rings is 1. The van der Waals surface area contributed by atoms with Gasteiger partial charge >= 0.3 is 5.97 Å². The molecule has 156 valence electrons. The number of hydrogen-bond acceptors (Lipinski definition) is 6. The van der Waals surface area contributed by atoms with Crippen molar-refractivity contribution in [1.29, 1.82) is 0 Å². The normalized spacial score (nSPS) is 16.4. The number of ether oxygens (including phenoxy) is 1. The van der Waals surface area contributed by atoms with Crippen molar-refractivity contribution in [3.05, 3.63) is 60.6 Å². The van der Waals surface area contributed by atoms with Crippen LogP contribution < -0.4 is 10.1 Å². The molecule has 31 heavy (non-hydrogen) atoms. The second kappa shape index (κ2) is 8.28. The summed E-state index contributed by atoms with van der Waals surface area (Å²) < 4.78 is 5.63. The lowest BCUT2D eigenvalue weighted by Crippen LogP contribution is -2.36. The lowest BCUT2D eigenvalue weighted by Gasteiger charge is -2.20. The van der Waals surface area contributed by atoms with Crippen LogP contribution in [-0.2, 0) is 4.79 Å². The van der Waals surface area contributed by atoms with Gasteiger partial charge in [-0.1, -0.05) is 12.1 Å². The van der Waals surface area contributed by atoms with Gasteiger partial charge in [0.25, 0.3) is 0 Å². The third-order valence-electron chi connectivity index (χ3n) is 5.60. The van der Waals surface area contributed by atoms with Crippen molar-refractivity contribution in [2.75, 3.05) is 13.1 Å². The van der Waals surface area contributed by atoms with Crippen molar-refractivity contribution in [3.8, 4) is 28.3 Å². The maximum atomic E-state index is 12.5. The maximum Gasteiger partial charge on any atom is 0.315 e. The van der Waals surface area contributed by atoms with Gasteiger partial charge in [0.2, 0.25) is 0 Å². The monoisotopic (exact) mass is 413 g/mol. The minimum atomic E-state index is -0.202. The summed E-state index contributed by atoms with van der Waals surface area (Å²) in [6.07, 6.45) is 5.25. The first-order chi connectivity index (χ1) is 15.2. The first-order valence-electron chi connectivity index (χ1n) is 10.5. The Balaban J connectivity index is 1.45. The molecule has 1 aliphatic rings. The van der Waals surface area contributed by atoms with Crippen LogP contribution in [0.4, 0.5) is 0 Å². The van der Waals surface area contributed by atoms with E-state index in [1.54, 1.807) is 12.4 Å². The summed E-state index contributed by atoms with van der Waals surface area (Å²) in [6, 6.07) is 13.8. The van der Waals surface area contributed by atoms with Crippen LogP contribution in [0.2, 0.25) is 0 Å². The highest BCUT2D eigenvalue weighted by atomic mass is 16.5. The summed E-state index contributed by atoms with van der Waals surface area (Å²) in [7, 11) is 0. The van der Waals surface area contributed by atoms with Gasteiger partial charge in [-0.3, -0.25) is 19.9 Å². The molecule has 1 aromatic carbocycles. The molecule has 4 aromatic rings. The number of pyridine rings is 2. The summed E-state index contributed by atoms with van der Waals surface area (Å²) in [6.45, 7) is 3.59. The largest absolute Gasteiger partial charge is 0.425 e. The topological polar surface area (TPSA) is 92.8 Å². The average molecular weight is 413 g/mol. The second-order valence-electron chi connectivity index (χ2n) is 7.87. The Morgan fingerprint density at radius 3 is 2.94 bits per heavy atom. The zero-order chi connectivity index (χ0) is 21.2. The quantitative estimate of drug-likeness (QED) is 0.493. The molecular formula is C24H23N5O2. The van der Waals surface area contributed by atoms with Gasteiger partial charge in [-0.05, 0) is 62.2 Å². The predicted octanol–water partition coefficient (Wildman–Crippen LogP) is 3.90. The van der Waals surface area contributed by atoms with Gasteiger partial charge in [0, 0.05) is 23.2 Å². The first-order valence-corrected chi connectivity index (χ1v) is 10.5. The minimum absolute atomic E-state index is 0.105. The molecule has 1 atom stereocenters. The molecule has 0 amide bonds. The van der Waals surface area contributed by atoms with E-state index in [1.165, 1.54) is 0 Å². The third kappa shape index (κ3) is 4.04. The Hall–Kier alpha value is -3.58. The summed E-state index contributed by atoms with van der Waals surface area (Å²) in [5.74, 6) is 0.159. The fraction of sp³-hybridized carbons (Fsp3) is 0.250. The Kier molecular flexibility index (Phi) is 5.18. The molecule has 1 aliphatic heterocycles. The number of aryl methyl sites for hydroxylation is 1. The lowest BCUT2D eigenvalue weighted by molar-refractivity contribution is -0.139. The summed E-state index contributed by atoms with van der Waals surface area (Å²) in [5.41, 5.74) is 5.43. The molecule has 0 bridgehead atoms. The molecule has 7 heteroatoms. The van der Waals surface area contributed by atoms with E-state index < -0.39 is 0 Å². The van der Waals surface area contributed by atoms with Crippen LogP contribution in [-0.4, -0.2) is 39.2 Å². The average Bonchev–Trinajstić information content (AvgIpc) is 3.29. The van der Waals surface area contributed by atoms with Crippen LogP contribution in [0.5, 0.6) is 5.75 Å². The number of carbonyl (C=O) groups excluding carboxylic acids is 1. The smallest absolute Gasteiger partial charge is 0.315 e. The molecule has 1 unspecified atom stereocenters. The van der Waals surface area contributed by atoms with Gasteiger partial charge in [-0.2, -0.15) is 5.10 Å². The highest BCUT2D eigenvalue weighted by molar-refractivity contribution is 5.89. The van der Waals surface area contributed by atoms with Gasteiger partial charge in [0.05, 0.1) is 35.2 Å². The molecule has 1 saturated heterocycles. The van der Waals surface area contributed by atoms with Crippen LogP contribution in [0.15, 0.2) is 54.9 Å². The number of nitrogens with one attached hydrogen (secondary N) is 2. The van der Waals surface area contributed by atoms with Gasteiger partial charge in [0.15, 0.2) is 0 Å². The Morgan fingerprint density at radius 2 is 2.10 bits per heavy atom. The van der Waals surface area contributed by atoms with E-state index in [2.05, 4.69) is 25.5 Å². The number of piperidine rings is 1. The molecule has 5 rings (SSSR count). The molecule has 0 saturated carbocycles. The summed E-state index contributed by atoms with van der Waals surface area (Å²) >= 11 is 0. The van der Waals surface area contributed by atoms with Gasteiger partial charge in [-0.15, -0.1) is 0 Å². The van der Waals surface area contributed by atoms with E-state index in [4.69, 9.17) is 4.74 Å². The van der Waals surface area contributed by atoms with Gasteiger partial charge in [0.1, 0.15) is 5.75 Å². The van der Waals surface area contributed by atoms with Gasteiger partial charge in [-0.25, -0.2) is 0 Å². The number of nitrogens with zero attached hydrogens (tertiary/aromatic N) is 3. The molecule has 0 spiro atoms. The van der Waals surface area contributed by atoms with Crippen LogP contribution in [0, 0.1) is 12.8 Å². The number of carbonyl (C=O) groups is 1. The fourth-order valence-corrected chi connectivity index (χ4v) is 3.97. The fourth-order valence-electron chi connectivity index (χ4n) is 3.97. The van der Waals surface area contributed by atoms with Crippen molar-refractivity contribution in [1.82, 2.24) is 25.5 Å². The Morgan fingerprint density at radius 1 is 1.16 bits per heavy atom. The lowest BCUT2D eigenvalue weighted by atomic mass is 10.00. The van der Waals surface area contributed by atoms with Crippen molar-refractivity contribution >= 4 is 16.9 Å². The standard InChI is InChI=1S/C24H23N5O2/c1-15-4-2-6-22(28-15)23-20(14-27-29-23)16-7-8-21-18(10-16)11-19(13-26-21)31-24(30)17-5-3-9-25-12-17/h2,4,6-8,10-11,13-14,17,25H,3,5,9,12H2,1H3,(H,27,29). The number of fused-ring (bicyclic) bond motifs is 1. The van der Waals surface area contributed by atoms with Crippen molar-refractivity contribution in [2.45, 2.75) is 19.8 Å². The van der Waals surface area contributed by atoms with Crippen LogP contribution in [0.25, 0.3) is 33.4 Å². The zero-order valence-corrected chi connectivity index (χ0v) is 17.3. The zero-order valence-electron chi connectivity index (χ0n) is 17.3. The number of esters is 1. The number of aromatic amines is 1. The summed E-state index contributed by atoms with van der Waals surface area (Å²) in [5, 5.41) is 11.4. The van der Waals surface area contributed by atoms with E-state index >= 15 is 0 Å².